The molecule has 100 valence electrons. The third-order valence-electron chi connectivity index (χ3n) is 3.12. The number of hydrogen-bond acceptors (Lipinski definition) is 4. The van der Waals surface area contributed by atoms with Crippen LogP contribution < -0.4 is 10.2 Å². The Bertz CT molecular complexity index is 402. The molecule has 0 amide bonds. The maximum absolute atomic E-state index is 12.6. The van der Waals surface area contributed by atoms with Gasteiger partial charge in [-0.1, -0.05) is 0 Å². The molecule has 7 heteroatoms. The van der Waals surface area contributed by atoms with E-state index in [9.17, 15) is 13.2 Å². The molecule has 1 aromatic heterocycles. The van der Waals surface area contributed by atoms with Crippen LogP contribution in [-0.2, 0) is 6.18 Å². The molecule has 1 N–H and O–H groups in total. The Morgan fingerprint density at radius 3 is 2.78 bits per heavy atom. The third-order valence-corrected chi connectivity index (χ3v) is 3.12. The van der Waals surface area contributed by atoms with Crippen LogP contribution in [0.25, 0.3) is 0 Å². The van der Waals surface area contributed by atoms with Gasteiger partial charge in [-0.2, -0.15) is 13.2 Å². The second-order valence-electron chi connectivity index (χ2n) is 4.37. The van der Waals surface area contributed by atoms with E-state index in [4.69, 9.17) is 0 Å². The van der Waals surface area contributed by atoms with Crippen LogP contribution in [0.4, 0.5) is 19.0 Å². The van der Waals surface area contributed by atoms with Crippen molar-refractivity contribution in [2.45, 2.75) is 25.1 Å². The van der Waals surface area contributed by atoms with Crippen LogP contribution in [0.15, 0.2) is 12.4 Å². The molecule has 2 rings (SSSR count). The van der Waals surface area contributed by atoms with Crippen LogP contribution >= 0.6 is 0 Å². The number of alkyl halides is 3. The number of aromatic nitrogens is 2. The van der Waals surface area contributed by atoms with Crippen LogP contribution in [0.5, 0.6) is 0 Å². The lowest BCUT2D eigenvalue weighted by Crippen LogP contribution is -2.44. The monoisotopic (exact) mass is 260 g/mol. The highest BCUT2D eigenvalue weighted by atomic mass is 19.4. The molecule has 0 aliphatic carbocycles. The summed E-state index contributed by atoms with van der Waals surface area (Å²) in [6, 6.07) is 1.17. The van der Waals surface area contributed by atoms with E-state index in [-0.39, 0.29) is 6.04 Å². The van der Waals surface area contributed by atoms with Crippen LogP contribution in [0.1, 0.15) is 18.5 Å². The molecular weight excluding hydrogens is 245 g/mol. The normalized spacial score (nSPS) is 20.8. The third kappa shape index (κ3) is 2.90. The molecule has 0 saturated carbocycles. The number of halogens is 3. The van der Waals surface area contributed by atoms with Crippen LogP contribution in [0.2, 0.25) is 0 Å². The predicted molar refractivity (Wildman–Crippen MR) is 61.3 cm³/mol. The van der Waals surface area contributed by atoms with E-state index in [1.54, 1.807) is 11.9 Å². The Morgan fingerprint density at radius 2 is 2.17 bits per heavy atom. The number of piperidine rings is 1. The molecular formula is C11H15F3N4. The zero-order chi connectivity index (χ0) is 13.2. The second-order valence-corrected chi connectivity index (χ2v) is 4.37. The lowest BCUT2D eigenvalue weighted by molar-refractivity contribution is -0.141. The fourth-order valence-electron chi connectivity index (χ4n) is 2.05. The highest BCUT2D eigenvalue weighted by molar-refractivity contribution is 5.40. The van der Waals surface area contributed by atoms with Gasteiger partial charge in [0.15, 0.2) is 0 Å². The molecule has 1 saturated heterocycles. The van der Waals surface area contributed by atoms with Gasteiger partial charge in [-0.15, -0.1) is 0 Å². The molecule has 1 aromatic rings. The lowest BCUT2D eigenvalue weighted by atomic mass is 10.1. The summed E-state index contributed by atoms with van der Waals surface area (Å²) >= 11 is 0. The average molecular weight is 260 g/mol. The van der Waals surface area contributed by atoms with Gasteiger partial charge in [0.2, 0.25) is 0 Å². The summed E-state index contributed by atoms with van der Waals surface area (Å²) in [5.41, 5.74) is -0.900. The Labute approximate surface area is 103 Å². The van der Waals surface area contributed by atoms with Crippen molar-refractivity contribution < 1.29 is 13.2 Å². The topological polar surface area (TPSA) is 41.1 Å². The maximum atomic E-state index is 12.6. The van der Waals surface area contributed by atoms with Crippen molar-refractivity contribution in [2.75, 3.05) is 25.0 Å². The highest BCUT2D eigenvalue weighted by Gasteiger charge is 2.33. The molecule has 1 aliphatic rings. The Kier molecular flexibility index (Phi) is 3.70. The van der Waals surface area contributed by atoms with E-state index in [1.165, 1.54) is 0 Å². The molecule has 1 atom stereocenters. The van der Waals surface area contributed by atoms with Crippen LogP contribution in [0.3, 0.4) is 0 Å². The lowest BCUT2D eigenvalue weighted by Gasteiger charge is -2.32. The van der Waals surface area contributed by atoms with E-state index in [0.29, 0.717) is 5.82 Å². The van der Waals surface area contributed by atoms with E-state index in [1.807, 2.05) is 0 Å². The van der Waals surface area contributed by atoms with Crippen molar-refractivity contribution in [3.05, 3.63) is 18.1 Å². The summed E-state index contributed by atoms with van der Waals surface area (Å²) in [5, 5.41) is 3.22. The van der Waals surface area contributed by atoms with Gasteiger partial charge in [0.05, 0.1) is 0 Å². The fraction of sp³-hybridized carbons (Fsp3) is 0.636. The summed E-state index contributed by atoms with van der Waals surface area (Å²) < 4.78 is 37.7. The fourth-order valence-corrected chi connectivity index (χ4v) is 2.05. The molecule has 0 radical (unpaired) electrons. The Morgan fingerprint density at radius 1 is 1.39 bits per heavy atom. The zero-order valence-corrected chi connectivity index (χ0v) is 10.0. The van der Waals surface area contributed by atoms with E-state index < -0.39 is 11.9 Å². The molecule has 0 bridgehead atoms. The summed E-state index contributed by atoms with van der Waals surface area (Å²) in [6.07, 6.45) is -1.49. The van der Waals surface area contributed by atoms with Crippen molar-refractivity contribution in [2.24, 2.45) is 0 Å². The van der Waals surface area contributed by atoms with Gasteiger partial charge in [-0.05, 0) is 19.4 Å². The summed E-state index contributed by atoms with van der Waals surface area (Å²) in [6.45, 7) is 1.73. The highest BCUT2D eigenvalue weighted by Crippen LogP contribution is 2.29. The first-order valence-electron chi connectivity index (χ1n) is 5.81. The van der Waals surface area contributed by atoms with E-state index in [0.717, 1.165) is 38.3 Å². The van der Waals surface area contributed by atoms with Crippen molar-refractivity contribution in [1.29, 1.82) is 0 Å². The van der Waals surface area contributed by atoms with Crippen molar-refractivity contribution in [1.82, 2.24) is 15.3 Å². The zero-order valence-electron chi connectivity index (χ0n) is 10.0. The number of nitrogens with one attached hydrogen (secondary N) is 1. The van der Waals surface area contributed by atoms with E-state index in [2.05, 4.69) is 15.3 Å². The largest absolute Gasteiger partial charge is 0.433 e. The number of anilines is 1. The van der Waals surface area contributed by atoms with Crippen molar-refractivity contribution in [3.8, 4) is 0 Å². The minimum Gasteiger partial charge on any atom is -0.355 e. The van der Waals surface area contributed by atoms with Gasteiger partial charge in [0.1, 0.15) is 17.8 Å². The molecule has 18 heavy (non-hydrogen) atoms. The molecule has 4 nitrogen and oxygen atoms in total. The van der Waals surface area contributed by atoms with Gasteiger partial charge >= 0.3 is 6.18 Å². The standard InChI is InChI=1S/C11H15F3N4/c1-18(8-3-2-4-15-6-8)10-5-9(11(12,13)14)16-7-17-10/h5,7-8,15H,2-4,6H2,1H3. The van der Waals surface area contributed by atoms with Crippen molar-refractivity contribution >= 4 is 5.82 Å². The number of likely N-dealkylation sites (N-methyl/N-ethyl adjacent to an activating group) is 1. The number of nitrogens with zero attached hydrogens (tertiary/aromatic N) is 3. The summed E-state index contributed by atoms with van der Waals surface area (Å²) in [4.78, 5) is 8.96. The molecule has 1 fully saturated rings. The Balaban J connectivity index is 2.17. The number of hydrogen-bond donors (Lipinski definition) is 1. The predicted octanol–water partition coefficient (Wildman–Crippen LogP) is 1.68. The molecule has 0 aromatic carbocycles. The maximum Gasteiger partial charge on any atom is 0.433 e. The van der Waals surface area contributed by atoms with Crippen molar-refractivity contribution in [3.63, 3.8) is 0 Å². The summed E-state index contributed by atoms with van der Waals surface area (Å²) in [7, 11) is 1.76. The van der Waals surface area contributed by atoms with Crippen LogP contribution in [0, 0.1) is 0 Å². The first kappa shape index (κ1) is 13.1. The van der Waals surface area contributed by atoms with Crippen LogP contribution in [-0.4, -0.2) is 36.1 Å². The Hall–Kier alpha value is -1.37. The quantitative estimate of drug-likeness (QED) is 0.878. The molecule has 1 unspecified atom stereocenters. The minimum atomic E-state index is -4.43. The van der Waals surface area contributed by atoms with Gasteiger partial charge < -0.3 is 10.2 Å². The SMILES string of the molecule is CN(c1cc(C(F)(F)F)ncn1)C1CCCNC1. The average Bonchev–Trinajstić information content (AvgIpc) is 2.38. The van der Waals surface area contributed by atoms with E-state index >= 15 is 0 Å². The molecule has 0 spiro atoms. The number of rotatable bonds is 2. The summed E-state index contributed by atoms with van der Waals surface area (Å²) in [5.74, 6) is 0.311. The van der Waals surface area contributed by atoms with Gasteiger partial charge in [0, 0.05) is 25.7 Å². The van der Waals surface area contributed by atoms with Gasteiger partial charge in [-0.3, -0.25) is 0 Å². The molecule has 2 heterocycles. The van der Waals surface area contributed by atoms with Gasteiger partial charge in [-0.25, -0.2) is 9.97 Å². The van der Waals surface area contributed by atoms with Gasteiger partial charge in [0.25, 0.3) is 0 Å². The molecule has 1 aliphatic heterocycles. The smallest absolute Gasteiger partial charge is 0.355 e. The second kappa shape index (κ2) is 5.09. The minimum absolute atomic E-state index is 0.176. The first-order valence-corrected chi connectivity index (χ1v) is 5.81. The first-order chi connectivity index (χ1) is 8.48.